The quantitative estimate of drug-likeness (QED) is 0.719. The molecule has 0 bridgehead atoms. The van der Waals surface area contributed by atoms with Crippen molar-refractivity contribution in [2.45, 2.75) is 19.3 Å². The lowest BCUT2D eigenvalue weighted by molar-refractivity contribution is 0.0780. The van der Waals surface area contributed by atoms with Gasteiger partial charge in [-0.3, -0.25) is 4.79 Å². The summed E-state index contributed by atoms with van der Waals surface area (Å²) < 4.78 is 1.18. The number of carbonyl (C=O) groups excluding carboxylic acids is 1. The molecule has 2 aliphatic rings. The maximum absolute atomic E-state index is 12.3. The van der Waals surface area contributed by atoms with Crippen LogP contribution in [-0.4, -0.2) is 23.9 Å². The van der Waals surface area contributed by atoms with E-state index in [1.165, 1.54) is 22.8 Å². The monoisotopic (exact) mass is 341 g/mol. The minimum atomic E-state index is 0.218. The number of fused-ring (bicyclic) bond motifs is 1. The standard InChI is InChI=1S/C14H16INO/c15-13-6-4-10(5-7-13)14(17)16-8-11-2-1-3-12(11)9-16/h4-7,11-12H,1-3,8-9H2. The molecule has 17 heavy (non-hydrogen) atoms. The molecule has 0 aromatic heterocycles. The van der Waals surface area contributed by atoms with Gasteiger partial charge in [0.1, 0.15) is 0 Å². The average molecular weight is 341 g/mol. The van der Waals surface area contributed by atoms with Gasteiger partial charge in [0, 0.05) is 22.2 Å². The third kappa shape index (κ3) is 2.21. The van der Waals surface area contributed by atoms with Crippen molar-refractivity contribution in [1.82, 2.24) is 4.90 Å². The Balaban J connectivity index is 1.73. The van der Waals surface area contributed by atoms with Crippen molar-refractivity contribution in [1.29, 1.82) is 0 Å². The molecule has 1 aliphatic carbocycles. The molecule has 0 radical (unpaired) electrons. The van der Waals surface area contributed by atoms with E-state index in [1.54, 1.807) is 0 Å². The van der Waals surface area contributed by atoms with Crippen LogP contribution in [0.4, 0.5) is 0 Å². The van der Waals surface area contributed by atoms with E-state index in [9.17, 15) is 4.79 Å². The Morgan fingerprint density at radius 3 is 2.29 bits per heavy atom. The van der Waals surface area contributed by atoms with E-state index in [-0.39, 0.29) is 5.91 Å². The molecule has 1 saturated carbocycles. The first kappa shape index (κ1) is 11.5. The van der Waals surface area contributed by atoms with Crippen molar-refractivity contribution in [3.63, 3.8) is 0 Å². The summed E-state index contributed by atoms with van der Waals surface area (Å²) in [6.07, 6.45) is 4.00. The number of hydrogen-bond acceptors (Lipinski definition) is 1. The van der Waals surface area contributed by atoms with Crippen LogP contribution in [0, 0.1) is 15.4 Å². The lowest BCUT2D eigenvalue weighted by Crippen LogP contribution is -2.29. The minimum Gasteiger partial charge on any atom is -0.338 e. The Morgan fingerprint density at radius 2 is 1.71 bits per heavy atom. The first-order chi connectivity index (χ1) is 8.24. The van der Waals surface area contributed by atoms with Gasteiger partial charge in [0.25, 0.3) is 5.91 Å². The van der Waals surface area contributed by atoms with Crippen molar-refractivity contribution >= 4 is 28.5 Å². The van der Waals surface area contributed by atoms with E-state index in [0.717, 1.165) is 30.5 Å². The van der Waals surface area contributed by atoms with Gasteiger partial charge in [-0.1, -0.05) is 6.42 Å². The zero-order valence-corrected chi connectivity index (χ0v) is 11.9. The highest BCUT2D eigenvalue weighted by atomic mass is 127. The molecule has 1 saturated heterocycles. The maximum Gasteiger partial charge on any atom is 0.253 e. The van der Waals surface area contributed by atoms with Crippen molar-refractivity contribution in [2.75, 3.05) is 13.1 Å². The van der Waals surface area contributed by atoms with E-state index in [4.69, 9.17) is 0 Å². The van der Waals surface area contributed by atoms with E-state index >= 15 is 0 Å². The largest absolute Gasteiger partial charge is 0.338 e. The van der Waals surface area contributed by atoms with E-state index in [1.807, 2.05) is 24.3 Å². The summed E-state index contributed by atoms with van der Waals surface area (Å²) in [5.74, 6) is 1.78. The zero-order valence-electron chi connectivity index (χ0n) is 9.73. The molecule has 0 spiro atoms. The zero-order chi connectivity index (χ0) is 11.8. The summed E-state index contributed by atoms with van der Waals surface area (Å²) in [6.45, 7) is 1.96. The molecule has 2 atom stereocenters. The van der Waals surface area contributed by atoms with Crippen LogP contribution in [0.25, 0.3) is 0 Å². The van der Waals surface area contributed by atoms with Crippen LogP contribution in [0.15, 0.2) is 24.3 Å². The molecule has 1 heterocycles. The number of rotatable bonds is 1. The van der Waals surface area contributed by atoms with Gasteiger partial charge in [0.2, 0.25) is 0 Å². The predicted octanol–water partition coefficient (Wildman–Crippen LogP) is 3.16. The van der Waals surface area contributed by atoms with Gasteiger partial charge in [-0.05, 0) is 71.5 Å². The van der Waals surface area contributed by atoms with Crippen LogP contribution in [0.5, 0.6) is 0 Å². The van der Waals surface area contributed by atoms with Crippen LogP contribution in [0.3, 0.4) is 0 Å². The molecule has 2 fully saturated rings. The van der Waals surface area contributed by atoms with Crippen molar-refractivity contribution in [3.8, 4) is 0 Å². The highest BCUT2D eigenvalue weighted by Crippen LogP contribution is 2.38. The van der Waals surface area contributed by atoms with Gasteiger partial charge in [0.05, 0.1) is 0 Å². The van der Waals surface area contributed by atoms with Crippen molar-refractivity contribution in [3.05, 3.63) is 33.4 Å². The van der Waals surface area contributed by atoms with Crippen LogP contribution in [0.1, 0.15) is 29.6 Å². The van der Waals surface area contributed by atoms with Crippen LogP contribution in [0.2, 0.25) is 0 Å². The molecule has 2 unspecified atom stereocenters. The highest BCUT2D eigenvalue weighted by Gasteiger charge is 2.38. The van der Waals surface area contributed by atoms with Crippen molar-refractivity contribution in [2.24, 2.45) is 11.8 Å². The Morgan fingerprint density at radius 1 is 1.12 bits per heavy atom. The van der Waals surface area contributed by atoms with Crippen LogP contribution in [-0.2, 0) is 0 Å². The van der Waals surface area contributed by atoms with Crippen LogP contribution < -0.4 is 0 Å². The second-order valence-corrected chi connectivity index (χ2v) is 6.41. The van der Waals surface area contributed by atoms with Gasteiger partial charge < -0.3 is 4.90 Å². The topological polar surface area (TPSA) is 20.3 Å². The SMILES string of the molecule is O=C(c1ccc(I)cc1)N1CC2CCCC2C1. The first-order valence-corrected chi connectivity index (χ1v) is 7.37. The molecule has 1 aliphatic heterocycles. The molecule has 2 nitrogen and oxygen atoms in total. The third-order valence-electron chi connectivity index (χ3n) is 4.10. The fraction of sp³-hybridized carbons (Fsp3) is 0.500. The maximum atomic E-state index is 12.3. The number of hydrogen-bond donors (Lipinski definition) is 0. The molecule has 3 rings (SSSR count). The summed E-state index contributed by atoms with van der Waals surface area (Å²) >= 11 is 2.26. The summed E-state index contributed by atoms with van der Waals surface area (Å²) in [5.41, 5.74) is 0.838. The third-order valence-corrected chi connectivity index (χ3v) is 4.82. The molecule has 1 amide bonds. The molecule has 90 valence electrons. The number of halogens is 1. The van der Waals surface area contributed by atoms with Crippen molar-refractivity contribution < 1.29 is 4.79 Å². The molecule has 3 heteroatoms. The molecular formula is C14H16INO. The summed E-state index contributed by atoms with van der Waals surface area (Å²) in [6, 6.07) is 7.89. The molecular weight excluding hydrogens is 325 g/mol. The molecule has 1 aromatic rings. The van der Waals surface area contributed by atoms with Gasteiger partial charge in [-0.15, -0.1) is 0 Å². The second-order valence-electron chi connectivity index (χ2n) is 5.17. The second kappa shape index (κ2) is 4.59. The Kier molecular flexibility index (Phi) is 3.11. The van der Waals surface area contributed by atoms with Gasteiger partial charge in [-0.2, -0.15) is 0 Å². The van der Waals surface area contributed by atoms with E-state index < -0.39 is 0 Å². The fourth-order valence-electron chi connectivity index (χ4n) is 3.18. The smallest absolute Gasteiger partial charge is 0.253 e. The number of likely N-dealkylation sites (tertiary alicyclic amines) is 1. The molecule has 1 aromatic carbocycles. The normalized spacial score (nSPS) is 27.2. The summed E-state index contributed by atoms with van der Waals surface area (Å²) in [5, 5.41) is 0. The molecule has 0 N–H and O–H groups in total. The summed E-state index contributed by atoms with van der Waals surface area (Å²) in [7, 11) is 0. The van der Waals surface area contributed by atoms with Gasteiger partial charge >= 0.3 is 0 Å². The Bertz CT molecular complexity index is 416. The predicted molar refractivity (Wildman–Crippen MR) is 75.9 cm³/mol. The summed E-state index contributed by atoms with van der Waals surface area (Å²) in [4.78, 5) is 14.4. The minimum absolute atomic E-state index is 0.218. The van der Waals surface area contributed by atoms with Gasteiger partial charge in [-0.25, -0.2) is 0 Å². The number of amides is 1. The lowest BCUT2D eigenvalue weighted by Gasteiger charge is -2.17. The number of nitrogens with zero attached hydrogens (tertiary/aromatic N) is 1. The van der Waals surface area contributed by atoms with E-state index in [2.05, 4.69) is 27.5 Å². The van der Waals surface area contributed by atoms with E-state index in [0.29, 0.717) is 0 Å². The van der Waals surface area contributed by atoms with Gasteiger partial charge in [0.15, 0.2) is 0 Å². The first-order valence-electron chi connectivity index (χ1n) is 6.29. The Labute approximate surface area is 116 Å². The number of benzene rings is 1. The highest BCUT2D eigenvalue weighted by molar-refractivity contribution is 14.1. The Hall–Kier alpha value is -0.580. The average Bonchev–Trinajstić information content (AvgIpc) is 2.89. The lowest BCUT2D eigenvalue weighted by atomic mass is 10.0. The van der Waals surface area contributed by atoms with Crippen LogP contribution >= 0.6 is 22.6 Å². The number of carbonyl (C=O) groups is 1. The fourth-order valence-corrected chi connectivity index (χ4v) is 3.54.